The summed E-state index contributed by atoms with van der Waals surface area (Å²) >= 11 is 6.41. The van der Waals surface area contributed by atoms with Gasteiger partial charge in [0.15, 0.2) is 0 Å². The molecule has 0 fully saturated rings. The molecular formula is C10H10Br2FNO. The second kappa shape index (κ2) is 5.61. The number of nitrogens with one attached hydrogen (secondary N) is 1. The van der Waals surface area contributed by atoms with Crippen molar-refractivity contribution in [3.05, 3.63) is 34.1 Å². The molecular weight excluding hydrogens is 329 g/mol. The van der Waals surface area contributed by atoms with Gasteiger partial charge in [-0.15, -0.1) is 0 Å². The van der Waals surface area contributed by atoms with Crippen LogP contribution in [0.2, 0.25) is 0 Å². The molecule has 2 nitrogen and oxygen atoms in total. The quantitative estimate of drug-likeness (QED) is 0.843. The average Bonchev–Trinajstić information content (AvgIpc) is 2.17. The Balaban J connectivity index is 2.82. The Hall–Kier alpha value is -0.420. The van der Waals surface area contributed by atoms with E-state index in [4.69, 9.17) is 0 Å². The number of benzene rings is 1. The van der Waals surface area contributed by atoms with Crippen molar-refractivity contribution in [2.45, 2.75) is 13.0 Å². The number of hydrogen-bond acceptors (Lipinski definition) is 1. The zero-order valence-electron chi connectivity index (χ0n) is 8.06. The van der Waals surface area contributed by atoms with E-state index in [2.05, 4.69) is 37.2 Å². The minimum Gasteiger partial charge on any atom is -0.349 e. The number of carbonyl (C=O) groups excluding carboxylic acids is 1. The fourth-order valence-corrected chi connectivity index (χ4v) is 1.71. The first-order chi connectivity index (χ1) is 7.04. The number of rotatable bonds is 3. The van der Waals surface area contributed by atoms with Gasteiger partial charge in [-0.05, 0) is 41.1 Å². The molecule has 0 saturated carbocycles. The molecule has 0 heterocycles. The highest BCUT2D eigenvalue weighted by molar-refractivity contribution is 9.10. The molecule has 1 aromatic carbocycles. The minimum atomic E-state index is -0.369. The zero-order chi connectivity index (χ0) is 11.4. The summed E-state index contributed by atoms with van der Waals surface area (Å²) in [4.78, 5) is 11.7. The Bertz CT molecular complexity index is 370. The molecule has 82 valence electrons. The van der Waals surface area contributed by atoms with Crippen LogP contribution in [0.4, 0.5) is 4.39 Å². The predicted molar refractivity (Wildman–Crippen MR) is 64.8 cm³/mol. The molecule has 0 aromatic heterocycles. The van der Waals surface area contributed by atoms with Gasteiger partial charge in [0.2, 0.25) is 0 Å². The van der Waals surface area contributed by atoms with Crippen LogP contribution in [0.15, 0.2) is 22.7 Å². The second-order valence-electron chi connectivity index (χ2n) is 3.15. The molecule has 1 aromatic rings. The average molecular weight is 339 g/mol. The molecule has 0 radical (unpaired) electrons. The third-order valence-electron chi connectivity index (χ3n) is 1.78. The summed E-state index contributed by atoms with van der Waals surface area (Å²) in [6.45, 7) is 1.88. The van der Waals surface area contributed by atoms with Crippen LogP contribution in [0.1, 0.15) is 17.3 Å². The van der Waals surface area contributed by atoms with Gasteiger partial charge in [0, 0.05) is 15.8 Å². The lowest BCUT2D eigenvalue weighted by molar-refractivity contribution is 0.0943. The monoisotopic (exact) mass is 337 g/mol. The highest BCUT2D eigenvalue weighted by atomic mass is 79.9. The van der Waals surface area contributed by atoms with Crippen molar-refractivity contribution in [3.8, 4) is 0 Å². The molecule has 1 amide bonds. The summed E-state index contributed by atoms with van der Waals surface area (Å²) in [7, 11) is 0. The Morgan fingerprint density at radius 2 is 2.27 bits per heavy atom. The molecule has 1 atom stereocenters. The second-order valence-corrected chi connectivity index (χ2v) is 4.65. The van der Waals surface area contributed by atoms with Crippen LogP contribution in [0.25, 0.3) is 0 Å². The first kappa shape index (κ1) is 12.6. The molecule has 0 bridgehead atoms. The minimum absolute atomic E-state index is 0.0365. The van der Waals surface area contributed by atoms with E-state index in [1.54, 1.807) is 0 Å². The number of hydrogen-bond donors (Lipinski definition) is 1. The van der Waals surface area contributed by atoms with Crippen LogP contribution in [0, 0.1) is 5.82 Å². The molecule has 0 spiro atoms. The third kappa shape index (κ3) is 3.57. The molecule has 0 saturated heterocycles. The standard InChI is InChI=1S/C10H10Br2FNO/c1-6(5-11)14-10(15)8-3-2-7(13)4-9(8)12/h2-4,6H,5H2,1H3,(H,14,15). The maximum Gasteiger partial charge on any atom is 0.252 e. The Morgan fingerprint density at radius 1 is 1.60 bits per heavy atom. The molecule has 1 N–H and O–H groups in total. The number of carbonyl (C=O) groups is 1. The summed E-state index contributed by atoms with van der Waals surface area (Å²) in [5.41, 5.74) is 0.434. The molecule has 0 aliphatic rings. The summed E-state index contributed by atoms with van der Waals surface area (Å²) in [5.74, 6) is -0.583. The Kier molecular flexibility index (Phi) is 4.73. The van der Waals surface area contributed by atoms with Crippen molar-refractivity contribution >= 4 is 37.8 Å². The molecule has 1 unspecified atom stereocenters. The van der Waals surface area contributed by atoms with Gasteiger partial charge in [0.1, 0.15) is 5.82 Å². The first-order valence-electron chi connectivity index (χ1n) is 4.36. The number of halogens is 3. The fraction of sp³-hybridized carbons (Fsp3) is 0.300. The Labute approximate surface area is 105 Å². The van der Waals surface area contributed by atoms with Crippen molar-refractivity contribution in [1.29, 1.82) is 0 Å². The van der Waals surface area contributed by atoms with Gasteiger partial charge >= 0.3 is 0 Å². The van der Waals surface area contributed by atoms with E-state index < -0.39 is 0 Å². The van der Waals surface area contributed by atoms with Gasteiger partial charge in [-0.25, -0.2) is 4.39 Å². The molecule has 0 aliphatic carbocycles. The summed E-state index contributed by atoms with van der Waals surface area (Å²) in [6.07, 6.45) is 0. The van der Waals surface area contributed by atoms with Crippen LogP contribution in [0.3, 0.4) is 0 Å². The van der Waals surface area contributed by atoms with E-state index >= 15 is 0 Å². The lowest BCUT2D eigenvalue weighted by atomic mass is 10.2. The van der Waals surface area contributed by atoms with Gasteiger partial charge in [0.25, 0.3) is 5.91 Å². The van der Waals surface area contributed by atoms with Crippen molar-refractivity contribution in [2.75, 3.05) is 5.33 Å². The molecule has 15 heavy (non-hydrogen) atoms. The van der Waals surface area contributed by atoms with Crippen LogP contribution in [-0.2, 0) is 0 Å². The van der Waals surface area contributed by atoms with Gasteiger partial charge in [-0.2, -0.15) is 0 Å². The van der Waals surface area contributed by atoms with Gasteiger partial charge in [-0.3, -0.25) is 4.79 Å². The van der Waals surface area contributed by atoms with Gasteiger partial charge in [-0.1, -0.05) is 15.9 Å². The molecule has 5 heteroatoms. The van der Waals surface area contributed by atoms with Crippen LogP contribution < -0.4 is 5.32 Å². The van der Waals surface area contributed by atoms with Crippen molar-refractivity contribution in [2.24, 2.45) is 0 Å². The lowest BCUT2D eigenvalue weighted by Crippen LogP contribution is -2.33. The van der Waals surface area contributed by atoms with Crippen LogP contribution >= 0.6 is 31.9 Å². The smallest absolute Gasteiger partial charge is 0.252 e. The van der Waals surface area contributed by atoms with Crippen molar-refractivity contribution in [3.63, 3.8) is 0 Å². The normalized spacial score (nSPS) is 12.3. The number of amides is 1. The predicted octanol–water partition coefficient (Wildman–Crippen LogP) is 3.10. The van der Waals surface area contributed by atoms with Crippen LogP contribution in [-0.4, -0.2) is 17.3 Å². The topological polar surface area (TPSA) is 29.1 Å². The molecule has 0 aliphatic heterocycles. The van der Waals surface area contributed by atoms with Crippen LogP contribution in [0.5, 0.6) is 0 Å². The SMILES string of the molecule is CC(CBr)NC(=O)c1ccc(F)cc1Br. The Morgan fingerprint density at radius 3 is 2.80 bits per heavy atom. The summed E-state index contributed by atoms with van der Waals surface area (Å²) in [6, 6.07) is 4.02. The van der Waals surface area contributed by atoms with Gasteiger partial charge < -0.3 is 5.32 Å². The van der Waals surface area contributed by atoms with E-state index in [0.717, 1.165) is 0 Å². The lowest BCUT2D eigenvalue weighted by Gasteiger charge is -2.11. The highest BCUT2D eigenvalue weighted by Crippen LogP contribution is 2.17. The van der Waals surface area contributed by atoms with E-state index in [1.807, 2.05) is 6.92 Å². The van der Waals surface area contributed by atoms with Crippen molar-refractivity contribution in [1.82, 2.24) is 5.32 Å². The van der Waals surface area contributed by atoms with E-state index in [1.165, 1.54) is 18.2 Å². The first-order valence-corrected chi connectivity index (χ1v) is 6.28. The zero-order valence-corrected chi connectivity index (χ0v) is 11.2. The van der Waals surface area contributed by atoms with E-state index in [0.29, 0.717) is 15.4 Å². The van der Waals surface area contributed by atoms with Gasteiger partial charge in [0.05, 0.1) is 5.56 Å². The van der Waals surface area contributed by atoms with E-state index in [-0.39, 0.29) is 17.8 Å². The molecule has 1 rings (SSSR count). The number of alkyl halides is 1. The maximum absolute atomic E-state index is 12.8. The maximum atomic E-state index is 12.8. The van der Waals surface area contributed by atoms with E-state index in [9.17, 15) is 9.18 Å². The largest absolute Gasteiger partial charge is 0.349 e. The highest BCUT2D eigenvalue weighted by Gasteiger charge is 2.12. The van der Waals surface area contributed by atoms with Crippen molar-refractivity contribution < 1.29 is 9.18 Å². The third-order valence-corrected chi connectivity index (χ3v) is 3.41. The summed E-state index contributed by atoms with van der Waals surface area (Å²) < 4.78 is 13.2. The fourth-order valence-electron chi connectivity index (χ4n) is 1.01. The summed E-state index contributed by atoms with van der Waals surface area (Å²) in [5, 5.41) is 3.45.